The van der Waals surface area contributed by atoms with E-state index >= 15 is 0 Å². The first-order valence-corrected chi connectivity index (χ1v) is 4.69. The zero-order chi connectivity index (χ0) is 8.81. The lowest BCUT2D eigenvalue weighted by atomic mass is 9.98. The maximum absolute atomic E-state index is 8.66. The predicted molar refractivity (Wildman–Crippen MR) is 48.4 cm³/mol. The second kappa shape index (κ2) is 5.13. The minimum atomic E-state index is 0.305. The molecule has 1 fully saturated rings. The van der Waals surface area contributed by atoms with E-state index in [4.69, 9.17) is 11.0 Å². The van der Waals surface area contributed by atoms with Gasteiger partial charge in [-0.3, -0.25) is 0 Å². The van der Waals surface area contributed by atoms with Gasteiger partial charge in [0.2, 0.25) is 0 Å². The van der Waals surface area contributed by atoms with Crippen LogP contribution in [0.15, 0.2) is 0 Å². The zero-order valence-corrected chi connectivity index (χ0v) is 7.50. The van der Waals surface area contributed by atoms with Crippen molar-refractivity contribution in [1.82, 2.24) is 4.90 Å². The number of hydrogen-bond donors (Lipinski definition) is 1. The Hall–Kier alpha value is -0.590. The highest BCUT2D eigenvalue weighted by atomic mass is 15.1. The van der Waals surface area contributed by atoms with Crippen molar-refractivity contribution in [3.63, 3.8) is 0 Å². The molecule has 0 amide bonds. The first-order valence-electron chi connectivity index (χ1n) is 4.69. The molecule has 0 aromatic heterocycles. The van der Waals surface area contributed by atoms with Gasteiger partial charge in [-0.2, -0.15) is 5.26 Å². The van der Waals surface area contributed by atoms with Crippen LogP contribution in [0.25, 0.3) is 0 Å². The van der Waals surface area contributed by atoms with Gasteiger partial charge in [0.05, 0.1) is 6.07 Å². The van der Waals surface area contributed by atoms with Crippen LogP contribution in [0.5, 0.6) is 0 Å². The van der Waals surface area contributed by atoms with Crippen molar-refractivity contribution in [3.05, 3.63) is 0 Å². The lowest BCUT2D eigenvalue weighted by Crippen LogP contribution is -2.34. The van der Waals surface area contributed by atoms with E-state index in [1.807, 2.05) is 0 Å². The molecule has 68 valence electrons. The third-order valence-electron chi connectivity index (χ3n) is 2.45. The normalized spacial score (nSPS) is 20.7. The molecular weight excluding hydrogens is 150 g/mol. The molecule has 12 heavy (non-hydrogen) atoms. The highest BCUT2D eigenvalue weighted by molar-refractivity contribution is 4.87. The van der Waals surface area contributed by atoms with Crippen LogP contribution in [-0.4, -0.2) is 31.1 Å². The summed E-state index contributed by atoms with van der Waals surface area (Å²) in [6.07, 6.45) is 3.17. The summed E-state index contributed by atoms with van der Waals surface area (Å²) in [4.78, 5) is 2.40. The highest BCUT2D eigenvalue weighted by Crippen LogP contribution is 2.15. The molecule has 0 aliphatic carbocycles. The van der Waals surface area contributed by atoms with Crippen LogP contribution in [0, 0.1) is 17.2 Å². The van der Waals surface area contributed by atoms with Gasteiger partial charge in [-0.05, 0) is 45.4 Å². The Balaban J connectivity index is 2.14. The second-order valence-electron chi connectivity index (χ2n) is 3.39. The van der Waals surface area contributed by atoms with E-state index in [0.717, 1.165) is 45.4 Å². The van der Waals surface area contributed by atoms with E-state index in [1.165, 1.54) is 0 Å². The van der Waals surface area contributed by atoms with E-state index < -0.39 is 0 Å². The molecule has 0 saturated carbocycles. The van der Waals surface area contributed by atoms with Gasteiger partial charge < -0.3 is 10.6 Å². The molecular formula is C9H17N3. The summed E-state index contributed by atoms with van der Waals surface area (Å²) in [5, 5.41) is 8.66. The van der Waals surface area contributed by atoms with E-state index in [0.29, 0.717) is 5.92 Å². The molecule has 3 nitrogen and oxygen atoms in total. The van der Waals surface area contributed by atoms with Crippen molar-refractivity contribution in [3.8, 4) is 6.07 Å². The van der Waals surface area contributed by atoms with Crippen LogP contribution in [-0.2, 0) is 0 Å². The van der Waals surface area contributed by atoms with Crippen LogP contribution < -0.4 is 5.73 Å². The monoisotopic (exact) mass is 167 g/mol. The van der Waals surface area contributed by atoms with E-state index in [9.17, 15) is 0 Å². The maximum Gasteiger partial charge on any atom is 0.0656 e. The molecule has 0 aromatic rings. The summed E-state index contributed by atoms with van der Waals surface area (Å²) < 4.78 is 0. The first-order chi connectivity index (χ1) is 5.86. The van der Waals surface area contributed by atoms with Gasteiger partial charge in [-0.25, -0.2) is 0 Å². The fourth-order valence-corrected chi connectivity index (χ4v) is 1.60. The SMILES string of the molecule is N#CC1CCN(CCCN)CC1. The third kappa shape index (κ3) is 2.80. The smallest absolute Gasteiger partial charge is 0.0656 e. The average Bonchev–Trinajstić information content (AvgIpc) is 2.15. The van der Waals surface area contributed by atoms with Crippen LogP contribution in [0.3, 0.4) is 0 Å². The average molecular weight is 167 g/mol. The Morgan fingerprint density at radius 2 is 2.08 bits per heavy atom. The van der Waals surface area contributed by atoms with E-state index in [2.05, 4.69) is 11.0 Å². The van der Waals surface area contributed by atoms with Crippen molar-refractivity contribution >= 4 is 0 Å². The van der Waals surface area contributed by atoms with Crippen LogP contribution >= 0.6 is 0 Å². The molecule has 0 spiro atoms. The lowest BCUT2D eigenvalue weighted by Gasteiger charge is -2.28. The molecule has 0 unspecified atom stereocenters. The van der Waals surface area contributed by atoms with Crippen molar-refractivity contribution in [2.75, 3.05) is 26.2 Å². The zero-order valence-electron chi connectivity index (χ0n) is 7.50. The fourth-order valence-electron chi connectivity index (χ4n) is 1.60. The Morgan fingerprint density at radius 1 is 1.42 bits per heavy atom. The minimum absolute atomic E-state index is 0.305. The number of nitriles is 1. The van der Waals surface area contributed by atoms with Crippen molar-refractivity contribution in [2.45, 2.75) is 19.3 Å². The summed E-state index contributed by atoms with van der Waals surface area (Å²) in [5.74, 6) is 0.305. The number of likely N-dealkylation sites (tertiary alicyclic amines) is 1. The van der Waals surface area contributed by atoms with E-state index in [-0.39, 0.29) is 0 Å². The number of hydrogen-bond acceptors (Lipinski definition) is 3. The molecule has 1 aliphatic heterocycles. The topological polar surface area (TPSA) is 53.0 Å². The van der Waals surface area contributed by atoms with Crippen LogP contribution in [0.1, 0.15) is 19.3 Å². The molecule has 0 aromatic carbocycles. The van der Waals surface area contributed by atoms with Gasteiger partial charge in [0, 0.05) is 5.92 Å². The van der Waals surface area contributed by atoms with Gasteiger partial charge in [-0.15, -0.1) is 0 Å². The van der Waals surface area contributed by atoms with Crippen LogP contribution in [0.2, 0.25) is 0 Å². The highest BCUT2D eigenvalue weighted by Gasteiger charge is 2.17. The molecule has 0 radical (unpaired) electrons. The number of rotatable bonds is 3. The molecule has 1 rings (SSSR count). The second-order valence-corrected chi connectivity index (χ2v) is 3.39. The summed E-state index contributed by atoms with van der Waals surface area (Å²) in [7, 11) is 0. The molecule has 1 heterocycles. The Bertz CT molecular complexity index is 154. The minimum Gasteiger partial charge on any atom is -0.330 e. The van der Waals surface area contributed by atoms with Gasteiger partial charge in [0.15, 0.2) is 0 Å². The molecule has 1 saturated heterocycles. The van der Waals surface area contributed by atoms with Gasteiger partial charge >= 0.3 is 0 Å². The lowest BCUT2D eigenvalue weighted by molar-refractivity contribution is 0.205. The van der Waals surface area contributed by atoms with Gasteiger partial charge in [0.25, 0.3) is 0 Å². The Kier molecular flexibility index (Phi) is 4.06. The van der Waals surface area contributed by atoms with E-state index in [1.54, 1.807) is 0 Å². The van der Waals surface area contributed by atoms with Gasteiger partial charge in [-0.1, -0.05) is 0 Å². The molecule has 3 heteroatoms. The number of nitrogens with zero attached hydrogens (tertiary/aromatic N) is 2. The number of nitrogens with two attached hydrogens (primary N) is 1. The summed E-state index contributed by atoms with van der Waals surface area (Å²) in [5.41, 5.74) is 5.42. The molecule has 0 bridgehead atoms. The van der Waals surface area contributed by atoms with Gasteiger partial charge in [0.1, 0.15) is 0 Å². The molecule has 2 N–H and O–H groups in total. The summed E-state index contributed by atoms with van der Waals surface area (Å²) in [6, 6.07) is 2.33. The standard InChI is InChI=1S/C9H17N3/c10-4-1-5-12-6-2-9(8-11)3-7-12/h9H,1-7,10H2. The van der Waals surface area contributed by atoms with Crippen molar-refractivity contribution in [1.29, 1.82) is 5.26 Å². The first kappa shape index (κ1) is 9.50. The predicted octanol–water partition coefficient (Wildman–Crippen LogP) is 0.571. The fraction of sp³-hybridized carbons (Fsp3) is 0.889. The number of piperidine rings is 1. The van der Waals surface area contributed by atoms with Crippen molar-refractivity contribution < 1.29 is 0 Å². The Labute approximate surface area is 74.1 Å². The van der Waals surface area contributed by atoms with Crippen LogP contribution in [0.4, 0.5) is 0 Å². The molecule has 0 atom stereocenters. The third-order valence-corrected chi connectivity index (χ3v) is 2.45. The largest absolute Gasteiger partial charge is 0.330 e. The Morgan fingerprint density at radius 3 is 2.58 bits per heavy atom. The molecule has 1 aliphatic rings. The van der Waals surface area contributed by atoms with Crippen molar-refractivity contribution in [2.24, 2.45) is 11.7 Å². The summed E-state index contributed by atoms with van der Waals surface area (Å²) in [6.45, 7) is 4.04. The quantitative estimate of drug-likeness (QED) is 0.668. The maximum atomic E-state index is 8.66. The summed E-state index contributed by atoms with van der Waals surface area (Å²) >= 11 is 0.